The Morgan fingerprint density at radius 3 is 2.62 bits per heavy atom. The number of hydrogen-bond acceptors (Lipinski definition) is 2. The molecule has 0 bridgehead atoms. The van der Waals surface area contributed by atoms with Crippen molar-refractivity contribution in [2.75, 3.05) is 0 Å². The molecule has 2 aliphatic rings. The molecule has 1 unspecified atom stereocenters. The van der Waals surface area contributed by atoms with E-state index >= 15 is 0 Å². The first-order valence-corrected chi connectivity index (χ1v) is 6.57. The molecule has 0 saturated carbocycles. The molecule has 0 aromatic heterocycles. The zero-order valence-corrected chi connectivity index (χ0v) is 10.6. The molecule has 0 amide bonds. The van der Waals surface area contributed by atoms with Gasteiger partial charge in [0.25, 0.3) is 0 Å². The molecule has 0 spiro atoms. The average Bonchev–Trinajstić information content (AvgIpc) is 2.30. The topological polar surface area (TPSA) is 26.3 Å². The summed E-state index contributed by atoms with van der Waals surface area (Å²) >= 11 is 0. The lowest BCUT2D eigenvalue weighted by Crippen LogP contribution is -2.43. The second kappa shape index (κ2) is 4.23. The number of ketones is 1. The molecule has 0 fully saturated rings. The Labute approximate surface area is 98.1 Å². The fourth-order valence-electron chi connectivity index (χ4n) is 3.14. The van der Waals surface area contributed by atoms with Gasteiger partial charge >= 0.3 is 0 Å². The van der Waals surface area contributed by atoms with Crippen LogP contribution in [0.25, 0.3) is 0 Å². The number of carbonyl (C=O) groups is 1. The SMILES string of the molecule is CCC1(CC)OC2=C(CC1C)C(=O)CCC2. The summed E-state index contributed by atoms with van der Waals surface area (Å²) in [6, 6.07) is 0. The van der Waals surface area contributed by atoms with Crippen molar-refractivity contribution in [1.82, 2.24) is 0 Å². The van der Waals surface area contributed by atoms with Crippen LogP contribution in [-0.2, 0) is 9.53 Å². The predicted molar refractivity (Wildman–Crippen MR) is 64.1 cm³/mol. The molecule has 2 rings (SSSR count). The fraction of sp³-hybridized carbons (Fsp3) is 0.786. The highest BCUT2D eigenvalue weighted by molar-refractivity contribution is 5.96. The van der Waals surface area contributed by atoms with Crippen molar-refractivity contribution in [1.29, 1.82) is 0 Å². The zero-order valence-electron chi connectivity index (χ0n) is 10.6. The summed E-state index contributed by atoms with van der Waals surface area (Å²) in [6.07, 6.45) is 5.66. The molecular weight excluding hydrogens is 200 g/mol. The van der Waals surface area contributed by atoms with E-state index in [9.17, 15) is 4.79 Å². The Bertz CT molecular complexity index is 324. The van der Waals surface area contributed by atoms with E-state index in [1.54, 1.807) is 0 Å². The third kappa shape index (κ3) is 1.68. The highest BCUT2D eigenvalue weighted by Crippen LogP contribution is 2.44. The number of allylic oxidation sites excluding steroid dienone is 2. The van der Waals surface area contributed by atoms with Crippen LogP contribution in [0.2, 0.25) is 0 Å². The summed E-state index contributed by atoms with van der Waals surface area (Å²) in [4.78, 5) is 11.8. The Hall–Kier alpha value is -0.790. The van der Waals surface area contributed by atoms with E-state index < -0.39 is 0 Å². The molecule has 2 heteroatoms. The minimum Gasteiger partial charge on any atom is -0.491 e. The number of Topliss-reactive ketones (excluding diaryl/α,β-unsaturated/α-hetero) is 1. The van der Waals surface area contributed by atoms with E-state index in [0.717, 1.165) is 49.9 Å². The lowest BCUT2D eigenvalue weighted by atomic mass is 9.75. The van der Waals surface area contributed by atoms with E-state index in [2.05, 4.69) is 20.8 Å². The molecule has 0 aromatic carbocycles. The molecule has 90 valence electrons. The van der Waals surface area contributed by atoms with Crippen LogP contribution >= 0.6 is 0 Å². The fourth-order valence-corrected chi connectivity index (χ4v) is 3.14. The number of carbonyl (C=O) groups excluding carboxylic acids is 1. The van der Waals surface area contributed by atoms with Gasteiger partial charge in [-0.15, -0.1) is 0 Å². The summed E-state index contributed by atoms with van der Waals surface area (Å²) in [5.74, 6) is 1.80. The van der Waals surface area contributed by atoms with E-state index in [-0.39, 0.29) is 5.60 Å². The number of rotatable bonds is 2. The highest BCUT2D eigenvalue weighted by atomic mass is 16.5. The molecule has 0 N–H and O–H groups in total. The molecule has 0 aromatic rings. The maximum Gasteiger partial charge on any atom is 0.162 e. The van der Waals surface area contributed by atoms with Gasteiger partial charge in [0.1, 0.15) is 11.4 Å². The maximum absolute atomic E-state index is 11.8. The Balaban J connectivity index is 2.31. The van der Waals surface area contributed by atoms with Crippen LogP contribution in [0, 0.1) is 5.92 Å². The molecular formula is C14H22O2. The minimum absolute atomic E-state index is 0.0174. The number of hydrogen-bond donors (Lipinski definition) is 0. The first-order valence-electron chi connectivity index (χ1n) is 6.57. The largest absolute Gasteiger partial charge is 0.491 e. The van der Waals surface area contributed by atoms with E-state index in [0.29, 0.717) is 11.7 Å². The first kappa shape index (κ1) is 11.7. The first-order chi connectivity index (χ1) is 7.63. The second-order valence-electron chi connectivity index (χ2n) is 5.16. The van der Waals surface area contributed by atoms with Gasteiger partial charge in [-0.05, 0) is 25.7 Å². The van der Waals surface area contributed by atoms with Crippen molar-refractivity contribution in [3.8, 4) is 0 Å². The van der Waals surface area contributed by atoms with Crippen LogP contribution in [0.1, 0.15) is 59.3 Å². The molecule has 0 radical (unpaired) electrons. The third-order valence-corrected chi connectivity index (χ3v) is 4.41. The summed E-state index contributed by atoms with van der Waals surface area (Å²) in [5, 5.41) is 0. The smallest absolute Gasteiger partial charge is 0.162 e. The minimum atomic E-state index is -0.0174. The maximum atomic E-state index is 11.8. The van der Waals surface area contributed by atoms with Crippen molar-refractivity contribution in [2.45, 2.75) is 64.9 Å². The summed E-state index contributed by atoms with van der Waals surface area (Å²) in [5.41, 5.74) is 0.979. The number of ether oxygens (including phenoxy) is 1. The third-order valence-electron chi connectivity index (χ3n) is 4.41. The summed E-state index contributed by atoms with van der Waals surface area (Å²) in [6.45, 7) is 6.60. The molecule has 1 aliphatic carbocycles. The van der Waals surface area contributed by atoms with Gasteiger partial charge in [-0.2, -0.15) is 0 Å². The van der Waals surface area contributed by atoms with Crippen molar-refractivity contribution in [2.24, 2.45) is 5.92 Å². The van der Waals surface area contributed by atoms with Gasteiger partial charge in [-0.25, -0.2) is 0 Å². The molecule has 0 saturated heterocycles. The summed E-state index contributed by atoms with van der Waals surface area (Å²) in [7, 11) is 0. The van der Waals surface area contributed by atoms with Crippen molar-refractivity contribution >= 4 is 5.78 Å². The van der Waals surface area contributed by atoms with Crippen LogP contribution in [0.4, 0.5) is 0 Å². The van der Waals surface area contributed by atoms with Crippen molar-refractivity contribution in [3.05, 3.63) is 11.3 Å². The van der Waals surface area contributed by atoms with Crippen LogP contribution in [0.5, 0.6) is 0 Å². The monoisotopic (exact) mass is 222 g/mol. The average molecular weight is 222 g/mol. The van der Waals surface area contributed by atoms with Crippen molar-refractivity contribution < 1.29 is 9.53 Å². The molecule has 2 nitrogen and oxygen atoms in total. The van der Waals surface area contributed by atoms with E-state index in [1.165, 1.54) is 0 Å². The molecule has 16 heavy (non-hydrogen) atoms. The van der Waals surface area contributed by atoms with Gasteiger partial charge in [-0.3, -0.25) is 4.79 Å². The Morgan fingerprint density at radius 1 is 1.31 bits per heavy atom. The van der Waals surface area contributed by atoms with Gasteiger partial charge in [0.15, 0.2) is 5.78 Å². The highest BCUT2D eigenvalue weighted by Gasteiger charge is 2.42. The van der Waals surface area contributed by atoms with Crippen LogP contribution in [0.15, 0.2) is 11.3 Å². The molecule has 1 aliphatic heterocycles. The summed E-state index contributed by atoms with van der Waals surface area (Å²) < 4.78 is 6.22. The van der Waals surface area contributed by atoms with Crippen molar-refractivity contribution in [3.63, 3.8) is 0 Å². The lowest BCUT2D eigenvalue weighted by Gasteiger charge is -2.44. The normalized spacial score (nSPS) is 28.7. The van der Waals surface area contributed by atoms with Crippen LogP contribution < -0.4 is 0 Å². The zero-order chi connectivity index (χ0) is 11.8. The van der Waals surface area contributed by atoms with Gasteiger partial charge in [0, 0.05) is 24.3 Å². The van der Waals surface area contributed by atoms with Gasteiger partial charge in [0.05, 0.1) is 0 Å². The van der Waals surface area contributed by atoms with Gasteiger partial charge < -0.3 is 4.74 Å². The van der Waals surface area contributed by atoms with Gasteiger partial charge in [-0.1, -0.05) is 20.8 Å². The Kier molecular flexibility index (Phi) is 3.09. The van der Waals surface area contributed by atoms with Crippen LogP contribution in [-0.4, -0.2) is 11.4 Å². The predicted octanol–water partition coefficient (Wildman–Crippen LogP) is 3.61. The standard InChI is InChI=1S/C14H22O2/c1-4-14(5-2)10(3)9-11-12(15)7-6-8-13(11)16-14/h10H,4-9H2,1-3H3. The molecule has 1 atom stereocenters. The van der Waals surface area contributed by atoms with E-state index in [4.69, 9.17) is 4.74 Å². The quantitative estimate of drug-likeness (QED) is 0.713. The lowest BCUT2D eigenvalue weighted by molar-refractivity contribution is -0.120. The Morgan fingerprint density at radius 2 is 2.00 bits per heavy atom. The van der Waals surface area contributed by atoms with E-state index in [1.807, 2.05) is 0 Å². The van der Waals surface area contributed by atoms with Gasteiger partial charge in [0.2, 0.25) is 0 Å². The van der Waals surface area contributed by atoms with Crippen LogP contribution in [0.3, 0.4) is 0 Å². The second-order valence-corrected chi connectivity index (χ2v) is 5.16. The molecule has 1 heterocycles.